The molecule has 0 spiro atoms. The number of hydrogen-bond acceptors (Lipinski definition) is 5. The fraction of sp³-hybridized carbons (Fsp3) is 0. The monoisotopic (exact) mass is 268 g/mol. The van der Waals surface area contributed by atoms with E-state index in [1.165, 1.54) is 17.5 Å². The van der Waals surface area contributed by atoms with Crippen molar-refractivity contribution in [3.8, 4) is 10.7 Å². The molecule has 0 aliphatic carbocycles. The standard InChI is InChI=1S/C14H8N2O2S/c17-8-9-5-6-15-11(7-9)14-16-13(18)10-3-1-2-4-12(10)19-14/h1-8H. The van der Waals surface area contributed by atoms with E-state index >= 15 is 0 Å². The van der Waals surface area contributed by atoms with E-state index in [1.807, 2.05) is 18.2 Å². The second kappa shape index (κ2) is 4.70. The average molecular weight is 268 g/mol. The van der Waals surface area contributed by atoms with Crippen LogP contribution in [0.1, 0.15) is 10.4 Å². The van der Waals surface area contributed by atoms with Crippen molar-refractivity contribution in [2.45, 2.75) is 0 Å². The SMILES string of the molecule is O=Cc1ccnc(-c2nc(=O)c3ccccc3s2)c1. The molecule has 0 radical (unpaired) electrons. The van der Waals surface area contributed by atoms with Gasteiger partial charge in [-0.15, -0.1) is 11.3 Å². The van der Waals surface area contributed by atoms with Crippen molar-refractivity contribution in [1.82, 2.24) is 9.97 Å². The van der Waals surface area contributed by atoms with E-state index in [9.17, 15) is 9.59 Å². The van der Waals surface area contributed by atoms with E-state index in [2.05, 4.69) is 9.97 Å². The van der Waals surface area contributed by atoms with Crippen LogP contribution in [0.4, 0.5) is 0 Å². The smallest absolute Gasteiger partial charge is 0.279 e. The fourth-order valence-corrected chi connectivity index (χ4v) is 2.72. The zero-order chi connectivity index (χ0) is 13.2. The number of rotatable bonds is 2. The predicted octanol–water partition coefficient (Wildman–Crippen LogP) is 2.53. The molecule has 19 heavy (non-hydrogen) atoms. The van der Waals surface area contributed by atoms with E-state index in [0.717, 1.165) is 11.0 Å². The average Bonchev–Trinajstić information content (AvgIpc) is 2.47. The Morgan fingerprint density at radius 3 is 2.84 bits per heavy atom. The van der Waals surface area contributed by atoms with Crippen molar-refractivity contribution in [2.75, 3.05) is 0 Å². The van der Waals surface area contributed by atoms with Gasteiger partial charge < -0.3 is 0 Å². The molecule has 0 N–H and O–H groups in total. The summed E-state index contributed by atoms with van der Waals surface area (Å²) in [5.41, 5.74) is 0.778. The van der Waals surface area contributed by atoms with Crippen LogP contribution in [0.25, 0.3) is 20.8 Å². The third-order valence-corrected chi connectivity index (χ3v) is 3.74. The van der Waals surface area contributed by atoms with Crippen LogP contribution in [0.3, 0.4) is 0 Å². The highest BCUT2D eigenvalue weighted by molar-refractivity contribution is 7.21. The van der Waals surface area contributed by atoms with E-state index in [4.69, 9.17) is 0 Å². The molecule has 0 amide bonds. The molecular formula is C14H8N2O2S. The lowest BCUT2D eigenvalue weighted by molar-refractivity contribution is 0.112. The van der Waals surface area contributed by atoms with Crippen LogP contribution in [0.2, 0.25) is 0 Å². The molecule has 2 aromatic heterocycles. The number of aldehydes is 1. The van der Waals surface area contributed by atoms with Crippen LogP contribution in [0, 0.1) is 0 Å². The Morgan fingerprint density at radius 2 is 2.00 bits per heavy atom. The molecule has 1 aromatic carbocycles. The van der Waals surface area contributed by atoms with Gasteiger partial charge in [-0.1, -0.05) is 12.1 Å². The minimum absolute atomic E-state index is 0.275. The molecule has 5 heteroatoms. The van der Waals surface area contributed by atoms with Gasteiger partial charge >= 0.3 is 0 Å². The molecule has 0 bridgehead atoms. The van der Waals surface area contributed by atoms with E-state index in [-0.39, 0.29) is 5.56 Å². The minimum atomic E-state index is -0.275. The summed E-state index contributed by atoms with van der Waals surface area (Å²) in [4.78, 5) is 30.9. The van der Waals surface area contributed by atoms with Crippen molar-refractivity contribution in [2.24, 2.45) is 0 Å². The summed E-state index contributed by atoms with van der Waals surface area (Å²) in [5, 5.41) is 1.12. The van der Waals surface area contributed by atoms with Gasteiger partial charge in [0.2, 0.25) is 0 Å². The maximum atomic E-state index is 11.9. The van der Waals surface area contributed by atoms with Crippen LogP contribution in [-0.2, 0) is 0 Å². The maximum absolute atomic E-state index is 11.9. The van der Waals surface area contributed by atoms with E-state index in [1.54, 1.807) is 18.2 Å². The molecule has 0 saturated carbocycles. The van der Waals surface area contributed by atoms with Gasteiger partial charge in [-0.25, -0.2) is 0 Å². The summed E-state index contributed by atoms with van der Waals surface area (Å²) in [5.74, 6) is 0. The number of pyridine rings is 1. The van der Waals surface area contributed by atoms with Gasteiger partial charge in [0, 0.05) is 16.5 Å². The lowest BCUT2D eigenvalue weighted by atomic mass is 10.2. The first-order valence-corrected chi connectivity index (χ1v) is 6.41. The van der Waals surface area contributed by atoms with Gasteiger partial charge in [0.15, 0.2) is 0 Å². The quantitative estimate of drug-likeness (QED) is 0.670. The number of carbonyl (C=O) groups is 1. The van der Waals surface area contributed by atoms with Gasteiger partial charge in [-0.2, -0.15) is 4.98 Å². The Kier molecular flexibility index (Phi) is 2.89. The molecule has 4 nitrogen and oxygen atoms in total. The number of hydrogen-bond donors (Lipinski definition) is 0. The minimum Gasteiger partial charge on any atom is -0.298 e. The first-order valence-electron chi connectivity index (χ1n) is 5.59. The number of nitrogens with zero attached hydrogens (tertiary/aromatic N) is 2. The predicted molar refractivity (Wildman–Crippen MR) is 74.5 cm³/mol. The number of carbonyl (C=O) groups excluding carboxylic acids is 1. The van der Waals surface area contributed by atoms with Crippen molar-refractivity contribution in [1.29, 1.82) is 0 Å². The second-order valence-corrected chi connectivity index (χ2v) is 4.94. The third kappa shape index (κ3) is 2.15. The van der Waals surface area contributed by atoms with Crippen LogP contribution in [0.15, 0.2) is 47.4 Å². The lowest BCUT2D eigenvalue weighted by Crippen LogP contribution is -2.06. The van der Waals surface area contributed by atoms with Gasteiger partial charge in [-0.05, 0) is 24.3 Å². The molecule has 92 valence electrons. The number of benzene rings is 1. The molecule has 0 saturated heterocycles. The lowest BCUT2D eigenvalue weighted by Gasteiger charge is -2.01. The van der Waals surface area contributed by atoms with E-state index < -0.39 is 0 Å². The van der Waals surface area contributed by atoms with Crippen LogP contribution in [0.5, 0.6) is 0 Å². The Labute approximate surface area is 112 Å². The maximum Gasteiger partial charge on any atom is 0.279 e. The van der Waals surface area contributed by atoms with Crippen LogP contribution in [-0.4, -0.2) is 16.3 Å². The molecule has 3 rings (SSSR count). The molecule has 3 aromatic rings. The first-order chi connectivity index (χ1) is 9.28. The van der Waals surface area contributed by atoms with Gasteiger partial charge in [0.1, 0.15) is 11.3 Å². The topological polar surface area (TPSA) is 59.9 Å². The second-order valence-electron chi connectivity index (χ2n) is 3.91. The molecule has 0 aliphatic heterocycles. The highest BCUT2D eigenvalue weighted by atomic mass is 32.1. The van der Waals surface area contributed by atoms with Crippen molar-refractivity contribution < 1.29 is 4.79 Å². The zero-order valence-electron chi connectivity index (χ0n) is 9.74. The fourth-order valence-electron chi connectivity index (χ4n) is 1.76. The van der Waals surface area contributed by atoms with Crippen molar-refractivity contribution in [3.63, 3.8) is 0 Å². The molecule has 0 atom stereocenters. The van der Waals surface area contributed by atoms with E-state index in [0.29, 0.717) is 21.7 Å². The Hall–Kier alpha value is -2.40. The summed E-state index contributed by atoms with van der Waals surface area (Å²) < 4.78 is 0.857. The molecule has 0 unspecified atom stereocenters. The molecule has 2 heterocycles. The summed E-state index contributed by atoms with van der Waals surface area (Å²) in [7, 11) is 0. The summed E-state index contributed by atoms with van der Waals surface area (Å²) >= 11 is 1.38. The van der Waals surface area contributed by atoms with Gasteiger partial charge in [0.05, 0.1) is 11.1 Å². The normalized spacial score (nSPS) is 10.5. The van der Waals surface area contributed by atoms with Gasteiger partial charge in [-0.3, -0.25) is 14.6 Å². The summed E-state index contributed by atoms with van der Waals surface area (Å²) in [6.07, 6.45) is 2.28. The molecular weight excluding hydrogens is 260 g/mol. The van der Waals surface area contributed by atoms with Gasteiger partial charge in [0.25, 0.3) is 5.56 Å². The largest absolute Gasteiger partial charge is 0.298 e. The van der Waals surface area contributed by atoms with Crippen molar-refractivity contribution >= 4 is 27.7 Å². The summed E-state index contributed by atoms with van der Waals surface area (Å²) in [6.45, 7) is 0. The third-order valence-electron chi connectivity index (χ3n) is 2.67. The number of aromatic nitrogens is 2. The molecule has 0 fully saturated rings. The van der Waals surface area contributed by atoms with Crippen LogP contribution < -0.4 is 5.56 Å². The highest BCUT2D eigenvalue weighted by Gasteiger charge is 2.07. The van der Waals surface area contributed by atoms with Crippen LogP contribution >= 0.6 is 11.3 Å². The Bertz CT molecular complexity index is 827. The molecule has 0 aliphatic rings. The first kappa shape index (κ1) is 11.7. The zero-order valence-corrected chi connectivity index (χ0v) is 10.6. The van der Waals surface area contributed by atoms with Crippen molar-refractivity contribution in [3.05, 3.63) is 58.5 Å². The highest BCUT2D eigenvalue weighted by Crippen LogP contribution is 2.24. The number of fused-ring (bicyclic) bond motifs is 1. The summed E-state index contributed by atoms with van der Waals surface area (Å²) in [6, 6.07) is 10.5. The Balaban J connectivity index is 2.25. The Morgan fingerprint density at radius 1 is 1.16 bits per heavy atom.